The van der Waals surface area contributed by atoms with Crippen LogP contribution in [0.25, 0.3) is 0 Å². The molecule has 4 heterocycles. The fourth-order valence-electron chi connectivity index (χ4n) is 6.30. The number of alkyl halides is 6. The average Bonchev–Trinajstić information content (AvgIpc) is 3.49. The molecule has 1 aromatic carbocycles. The minimum absolute atomic E-state index is 0.0000822. The first-order valence-electron chi connectivity index (χ1n) is 14.6. The Morgan fingerprint density at radius 3 is 2.47 bits per heavy atom. The molecule has 252 valence electrons. The molecule has 2 aliphatic heterocycles. The maximum atomic E-state index is 14.8. The molecule has 2 amide bonds. The molecule has 8 nitrogen and oxygen atoms in total. The van der Waals surface area contributed by atoms with Crippen molar-refractivity contribution in [2.45, 2.75) is 75.6 Å². The van der Waals surface area contributed by atoms with E-state index in [0.29, 0.717) is 39.6 Å². The molecular formula is C31H28ClF6N3O5S. The number of halogens is 7. The van der Waals surface area contributed by atoms with Gasteiger partial charge in [-0.3, -0.25) is 14.6 Å². The van der Waals surface area contributed by atoms with E-state index in [1.807, 2.05) is 0 Å². The predicted molar refractivity (Wildman–Crippen MR) is 158 cm³/mol. The van der Waals surface area contributed by atoms with Crippen molar-refractivity contribution in [1.82, 2.24) is 14.8 Å². The van der Waals surface area contributed by atoms with Crippen LogP contribution in [0.3, 0.4) is 0 Å². The Labute approximate surface area is 273 Å². The molecule has 3 atom stereocenters. The molecule has 3 aromatic rings. The van der Waals surface area contributed by atoms with E-state index in [1.165, 1.54) is 0 Å². The molecular weight excluding hydrogens is 676 g/mol. The summed E-state index contributed by atoms with van der Waals surface area (Å²) in [7, 11) is 0. The van der Waals surface area contributed by atoms with Crippen molar-refractivity contribution in [2.24, 2.45) is 0 Å². The monoisotopic (exact) mass is 703 g/mol. The number of hydrogen-bond donors (Lipinski definition) is 1. The number of carboxylic acid groups (broad SMARTS) is 1. The zero-order valence-electron chi connectivity index (χ0n) is 24.7. The van der Waals surface area contributed by atoms with E-state index < -0.39 is 64.0 Å². The lowest BCUT2D eigenvalue weighted by molar-refractivity contribution is -0.168. The molecule has 16 heteroatoms. The van der Waals surface area contributed by atoms with Crippen LogP contribution in [0.2, 0.25) is 5.02 Å². The smallest absolute Gasteiger partial charge is 0.425 e. The van der Waals surface area contributed by atoms with Crippen LogP contribution in [0, 0.1) is 0 Å². The zero-order valence-corrected chi connectivity index (χ0v) is 26.3. The first-order chi connectivity index (χ1) is 22.1. The van der Waals surface area contributed by atoms with E-state index in [0.717, 1.165) is 27.4 Å². The standard InChI is InChI=1S/C31H28ClF6N3O5S/c1-2-5-23-29(46-20-14-24(47-16-20)31(36,37)38,9-4-11-40(23)26(42)25-21(30(33,34)35)6-3-10-39-25)28(45)41-15-17-7-8-19(32)12-18(17)13-22(41)27(43)44/h3,6-8,10,12,14,16,22-23H,2,4-5,9,11,13,15H2,1H3,(H,43,44)/t22?,23-,29+/m1/s1. The number of carbonyl (C=O) groups is 3. The van der Waals surface area contributed by atoms with Crippen LogP contribution in [-0.2, 0) is 34.9 Å². The molecule has 0 saturated carbocycles. The van der Waals surface area contributed by atoms with Gasteiger partial charge in [-0.1, -0.05) is 31.0 Å². The Kier molecular flexibility index (Phi) is 9.52. The first-order valence-corrected chi connectivity index (χ1v) is 15.8. The number of likely N-dealkylation sites (tertiary alicyclic amines) is 1. The van der Waals surface area contributed by atoms with E-state index in [4.69, 9.17) is 16.3 Å². The molecule has 5 rings (SSSR count). The van der Waals surface area contributed by atoms with Gasteiger partial charge in [0.05, 0.1) is 11.6 Å². The largest absolute Gasteiger partial charge is 0.480 e. The van der Waals surface area contributed by atoms with Gasteiger partial charge in [-0.05, 0) is 48.2 Å². The maximum absolute atomic E-state index is 14.8. The molecule has 1 saturated heterocycles. The number of hydrogen-bond acceptors (Lipinski definition) is 6. The minimum atomic E-state index is -4.94. The third-order valence-electron chi connectivity index (χ3n) is 8.36. The molecule has 1 unspecified atom stereocenters. The van der Waals surface area contributed by atoms with Crippen LogP contribution in [0.5, 0.6) is 5.75 Å². The number of aliphatic carboxylic acids is 1. The number of aromatic nitrogens is 1. The van der Waals surface area contributed by atoms with Crippen LogP contribution in [0.4, 0.5) is 26.3 Å². The SMILES string of the molecule is CCC[C@H]1N(C(=O)c2ncccc2C(F)(F)F)CCC[C@@]1(Oc1csc(C(F)(F)F)c1)C(=O)N1Cc2ccc(Cl)cc2CC1C(=O)O. The summed E-state index contributed by atoms with van der Waals surface area (Å²) in [6.45, 7) is 1.36. The van der Waals surface area contributed by atoms with Gasteiger partial charge >= 0.3 is 18.3 Å². The number of rotatable bonds is 7. The van der Waals surface area contributed by atoms with E-state index in [9.17, 15) is 45.8 Å². The molecule has 1 fully saturated rings. The van der Waals surface area contributed by atoms with E-state index in [2.05, 4.69) is 4.98 Å². The lowest BCUT2D eigenvalue weighted by atomic mass is 9.79. The Hall–Kier alpha value is -3.85. The molecule has 1 N–H and O–H groups in total. The summed E-state index contributed by atoms with van der Waals surface area (Å²) in [5, 5.41) is 11.6. The Morgan fingerprint density at radius 1 is 1.09 bits per heavy atom. The molecule has 0 spiro atoms. The first kappa shape index (κ1) is 34.5. The highest BCUT2D eigenvalue weighted by Crippen LogP contribution is 2.43. The summed E-state index contributed by atoms with van der Waals surface area (Å²) in [6, 6.07) is 4.45. The third-order valence-corrected chi connectivity index (χ3v) is 9.55. The minimum Gasteiger partial charge on any atom is -0.480 e. The number of fused-ring (bicyclic) bond motifs is 1. The lowest BCUT2D eigenvalue weighted by Crippen LogP contribution is -2.69. The van der Waals surface area contributed by atoms with Gasteiger partial charge in [0.15, 0.2) is 0 Å². The molecule has 0 radical (unpaired) electrons. The number of benzene rings is 1. The summed E-state index contributed by atoms with van der Waals surface area (Å²) in [5.74, 6) is -3.78. The van der Waals surface area contributed by atoms with Gasteiger partial charge < -0.3 is 19.6 Å². The number of piperidine rings is 1. The summed E-state index contributed by atoms with van der Waals surface area (Å²) < 4.78 is 88.8. The quantitative estimate of drug-likeness (QED) is 0.264. The number of pyridine rings is 1. The molecule has 0 bridgehead atoms. The van der Waals surface area contributed by atoms with Gasteiger partial charge in [0.2, 0.25) is 5.60 Å². The molecule has 0 aliphatic carbocycles. The fourth-order valence-corrected chi connectivity index (χ4v) is 7.18. The second kappa shape index (κ2) is 13.0. The highest BCUT2D eigenvalue weighted by Gasteiger charge is 2.57. The zero-order chi connectivity index (χ0) is 34.3. The van der Waals surface area contributed by atoms with E-state index >= 15 is 0 Å². The summed E-state index contributed by atoms with van der Waals surface area (Å²) in [4.78, 5) is 46.1. The Balaban J connectivity index is 1.65. The number of ether oxygens (including phenoxy) is 1. The normalized spacial score (nSPS) is 21.7. The molecule has 2 aliphatic rings. The second-order valence-electron chi connectivity index (χ2n) is 11.3. The van der Waals surface area contributed by atoms with Crippen molar-refractivity contribution < 1.29 is 50.6 Å². The third kappa shape index (κ3) is 6.77. The second-order valence-corrected chi connectivity index (χ2v) is 12.7. The van der Waals surface area contributed by atoms with Gasteiger partial charge in [0.25, 0.3) is 11.8 Å². The van der Waals surface area contributed by atoms with Crippen molar-refractivity contribution in [3.63, 3.8) is 0 Å². The number of carbonyl (C=O) groups excluding carboxylic acids is 2. The number of carboxylic acids is 1. The summed E-state index contributed by atoms with van der Waals surface area (Å²) >= 11 is 6.44. The number of amides is 2. The highest BCUT2D eigenvalue weighted by atomic mass is 35.5. The van der Waals surface area contributed by atoms with Crippen molar-refractivity contribution in [2.75, 3.05) is 6.54 Å². The Morgan fingerprint density at radius 2 is 1.83 bits per heavy atom. The van der Waals surface area contributed by atoms with Gasteiger partial charge in [0, 0.05) is 48.6 Å². The van der Waals surface area contributed by atoms with Crippen LogP contribution < -0.4 is 4.74 Å². The average molecular weight is 704 g/mol. The van der Waals surface area contributed by atoms with Crippen LogP contribution in [-0.4, -0.2) is 61.9 Å². The van der Waals surface area contributed by atoms with Crippen molar-refractivity contribution in [1.29, 1.82) is 0 Å². The van der Waals surface area contributed by atoms with Gasteiger partial charge in [-0.25, -0.2) is 4.79 Å². The van der Waals surface area contributed by atoms with E-state index in [-0.39, 0.29) is 50.9 Å². The van der Waals surface area contributed by atoms with Gasteiger partial charge in [-0.15, -0.1) is 11.3 Å². The summed E-state index contributed by atoms with van der Waals surface area (Å²) in [5.41, 5.74) is -3.22. The van der Waals surface area contributed by atoms with Crippen LogP contribution >= 0.6 is 22.9 Å². The number of thiophene rings is 1. The van der Waals surface area contributed by atoms with E-state index in [1.54, 1.807) is 25.1 Å². The predicted octanol–water partition coefficient (Wildman–Crippen LogP) is 7.09. The van der Waals surface area contributed by atoms with Crippen molar-refractivity contribution in [3.8, 4) is 5.75 Å². The van der Waals surface area contributed by atoms with Gasteiger partial charge in [0.1, 0.15) is 22.4 Å². The topological polar surface area (TPSA) is 100 Å². The lowest BCUT2D eigenvalue weighted by Gasteiger charge is -2.51. The molecule has 2 aromatic heterocycles. The van der Waals surface area contributed by atoms with Crippen LogP contribution in [0.15, 0.2) is 48.0 Å². The van der Waals surface area contributed by atoms with Gasteiger partial charge in [-0.2, -0.15) is 26.3 Å². The fraction of sp³-hybridized carbons (Fsp3) is 0.419. The Bertz CT molecular complexity index is 1680. The van der Waals surface area contributed by atoms with Crippen molar-refractivity contribution >= 4 is 40.7 Å². The molecule has 47 heavy (non-hydrogen) atoms. The van der Waals surface area contributed by atoms with Crippen molar-refractivity contribution in [3.05, 3.63) is 80.3 Å². The number of nitrogens with zero attached hydrogens (tertiary/aromatic N) is 3. The maximum Gasteiger partial charge on any atom is 0.425 e. The summed E-state index contributed by atoms with van der Waals surface area (Å²) in [6.07, 6.45) is -8.70. The van der Waals surface area contributed by atoms with Crippen LogP contribution in [0.1, 0.15) is 64.7 Å². The highest BCUT2D eigenvalue weighted by molar-refractivity contribution is 7.10.